The average molecular weight is 210 g/mol. The molecule has 0 saturated carbocycles. The number of hydrogen-bond acceptors (Lipinski definition) is 2. The van der Waals surface area contributed by atoms with Crippen LogP contribution in [0.25, 0.3) is 0 Å². The maximum Gasteiger partial charge on any atom is 0.251 e. The second-order valence-electron chi connectivity index (χ2n) is 3.32. The zero-order chi connectivity index (χ0) is 11.3. The Morgan fingerprint density at radius 2 is 2.13 bits per heavy atom. The van der Waals surface area contributed by atoms with Crippen molar-refractivity contribution in [1.82, 2.24) is 10.6 Å². The lowest BCUT2D eigenvalue weighted by Gasteiger charge is -2.07. The monoisotopic (exact) mass is 210 g/mol. The molecule has 0 heterocycles. The zero-order valence-corrected chi connectivity index (χ0v) is 8.93. The first kappa shape index (κ1) is 11.7. The van der Waals surface area contributed by atoms with Crippen molar-refractivity contribution in [3.05, 3.63) is 35.1 Å². The van der Waals surface area contributed by atoms with Gasteiger partial charge in [0.2, 0.25) is 0 Å². The first-order valence-electron chi connectivity index (χ1n) is 4.84. The van der Waals surface area contributed by atoms with Gasteiger partial charge in [0.15, 0.2) is 0 Å². The molecule has 0 unspecified atom stereocenters. The van der Waals surface area contributed by atoms with E-state index < -0.39 is 0 Å². The van der Waals surface area contributed by atoms with Crippen molar-refractivity contribution in [2.75, 3.05) is 20.1 Å². The highest BCUT2D eigenvalue weighted by Crippen LogP contribution is 2.09. The quantitative estimate of drug-likeness (QED) is 0.730. The summed E-state index contributed by atoms with van der Waals surface area (Å²) < 4.78 is 12.9. The Labute approximate surface area is 88.7 Å². The summed E-state index contributed by atoms with van der Waals surface area (Å²) in [4.78, 5) is 11.6. The van der Waals surface area contributed by atoms with Gasteiger partial charge in [0.05, 0.1) is 0 Å². The minimum atomic E-state index is -0.389. The molecule has 4 heteroatoms. The van der Waals surface area contributed by atoms with E-state index >= 15 is 0 Å². The lowest BCUT2D eigenvalue weighted by molar-refractivity contribution is 0.0953. The molecule has 0 bridgehead atoms. The smallest absolute Gasteiger partial charge is 0.251 e. The van der Waals surface area contributed by atoms with Gasteiger partial charge in [-0.2, -0.15) is 0 Å². The molecule has 0 saturated heterocycles. The zero-order valence-electron chi connectivity index (χ0n) is 8.93. The molecule has 0 aliphatic heterocycles. The highest BCUT2D eigenvalue weighted by Gasteiger charge is 2.08. The van der Waals surface area contributed by atoms with Crippen LogP contribution in [0, 0.1) is 12.7 Å². The summed E-state index contributed by atoms with van der Waals surface area (Å²) in [6.45, 7) is 3.01. The Morgan fingerprint density at radius 1 is 1.40 bits per heavy atom. The molecular weight excluding hydrogens is 195 g/mol. The van der Waals surface area contributed by atoms with Crippen LogP contribution in [0.3, 0.4) is 0 Å². The Hall–Kier alpha value is -1.42. The van der Waals surface area contributed by atoms with Crippen molar-refractivity contribution < 1.29 is 9.18 Å². The first-order chi connectivity index (χ1) is 7.15. The Bertz CT molecular complexity index is 352. The SMILES string of the molecule is CNCCNC(=O)c1cc(F)ccc1C. The van der Waals surface area contributed by atoms with Crippen LogP contribution in [0.1, 0.15) is 15.9 Å². The average Bonchev–Trinajstić information content (AvgIpc) is 2.22. The molecule has 1 aromatic rings. The van der Waals surface area contributed by atoms with Gasteiger partial charge >= 0.3 is 0 Å². The number of hydrogen-bond donors (Lipinski definition) is 2. The van der Waals surface area contributed by atoms with Crippen LogP contribution in [0.2, 0.25) is 0 Å². The number of rotatable bonds is 4. The number of halogens is 1. The van der Waals surface area contributed by atoms with Crippen LogP contribution in [-0.2, 0) is 0 Å². The lowest BCUT2D eigenvalue weighted by Crippen LogP contribution is -2.30. The van der Waals surface area contributed by atoms with Crippen LogP contribution in [0.5, 0.6) is 0 Å². The van der Waals surface area contributed by atoms with Gasteiger partial charge in [0.25, 0.3) is 5.91 Å². The first-order valence-corrected chi connectivity index (χ1v) is 4.84. The van der Waals surface area contributed by atoms with Crippen molar-refractivity contribution >= 4 is 5.91 Å². The predicted molar refractivity (Wildman–Crippen MR) is 57.4 cm³/mol. The van der Waals surface area contributed by atoms with Crippen molar-refractivity contribution in [2.45, 2.75) is 6.92 Å². The summed E-state index contributed by atoms with van der Waals surface area (Å²) >= 11 is 0. The van der Waals surface area contributed by atoms with E-state index in [1.165, 1.54) is 12.1 Å². The van der Waals surface area contributed by atoms with E-state index in [-0.39, 0.29) is 11.7 Å². The fraction of sp³-hybridized carbons (Fsp3) is 0.364. The standard InChI is InChI=1S/C11H15FN2O/c1-8-3-4-9(12)7-10(8)11(15)14-6-5-13-2/h3-4,7,13H,5-6H2,1-2H3,(H,14,15). The summed E-state index contributed by atoms with van der Waals surface area (Å²) in [6, 6.07) is 4.20. The molecule has 0 radical (unpaired) electrons. The van der Waals surface area contributed by atoms with Gasteiger partial charge in [-0.1, -0.05) is 6.07 Å². The van der Waals surface area contributed by atoms with E-state index in [2.05, 4.69) is 10.6 Å². The highest BCUT2D eigenvalue weighted by molar-refractivity contribution is 5.95. The van der Waals surface area contributed by atoms with Crippen LogP contribution in [0.4, 0.5) is 4.39 Å². The maximum atomic E-state index is 12.9. The normalized spacial score (nSPS) is 10.1. The fourth-order valence-electron chi connectivity index (χ4n) is 1.24. The molecular formula is C11H15FN2O. The molecule has 2 N–H and O–H groups in total. The summed E-state index contributed by atoms with van der Waals surface area (Å²) in [5.41, 5.74) is 1.17. The van der Waals surface area contributed by atoms with Crippen molar-refractivity contribution in [2.24, 2.45) is 0 Å². The molecule has 3 nitrogen and oxygen atoms in total. The minimum Gasteiger partial charge on any atom is -0.351 e. The molecule has 0 spiro atoms. The van der Waals surface area contributed by atoms with Gasteiger partial charge in [-0.25, -0.2) is 4.39 Å². The topological polar surface area (TPSA) is 41.1 Å². The third-order valence-corrected chi connectivity index (χ3v) is 2.10. The number of likely N-dealkylation sites (N-methyl/N-ethyl adjacent to an activating group) is 1. The number of nitrogens with one attached hydrogen (secondary N) is 2. The van der Waals surface area contributed by atoms with Crippen LogP contribution >= 0.6 is 0 Å². The van der Waals surface area contributed by atoms with E-state index in [4.69, 9.17) is 0 Å². The summed E-state index contributed by atoms with van der Waals surface area (Å²) in [5, 5.41) is 5.61. The lowest BCUT2D eigenvalue weighted by atomic mass is 10.1. The molecule has 0 aromatic heterocycles. The summed E-state index contributed by atoms with van der Waals surface area (Å²) in [5.74, 6) is -0.624. The molecule has 0 atom stereocenters. The molecule has 0 fully saturated rings. The van der Waals surface area contributed by atoms with Gasteiger partial charge in [-0.3, -0.25) is 4.79 Å². The van der Waals surface area contributed by atoms with Gasteiger partial charge in [-0.15, -0.1) is 0 Å². The van der Waals surface area contributed by atoms with Gasteiger partial charge < -0.3 is 10.6 Å². The van der Waals surface area contributed by atoms with Crippen LogP contribution < -0.4 is 10.6 Å². The predicted octanol–water partition coefficient (Wildman–Crippen LogP) is 1.08. The molecule has 0 aliphatic rings. The second-order valence-corrected chi connectivity index (χ2v) is 3.32. The second kappa shape index (κ2) is 5.46. The third kappa shape index (κ3) is 3.32. The number of carbonyl (C=O) groups excluding carboxylic acids is 1. The number of benzene rings is 1. The molecule has 15 heavy (non-hydrogen) atoms. The maximum absolute atomic E-state index is 12.9. The van der Waals surface area contributed by atoms with E-state index in [0.717, 1.165) is 5.56 Å². The van der Waals surface area contributed by atoms with Crippen LogP contribution in [0.15, 0.2) is 18.2 Å². The Morgan fingerprint density at radius 3 is 2.80 bits per heavy atom. The number of amides is 1. The van der Waals surface area contributed by atoms with Crippen molar-refractivity contribution in [1.29, 1.82) is 0 Å². The molecule has 0 aliphatic carbocycles. The molecule has 82 valence electrons. The largest absolute Gasteiger partial charge is 0.351 e. The highest BCUT2D eigenvalue weighted by atomic mass is 19.1. The Kier molecular flexibility index (Phi) is 4.24. The fourth-order valence-corrected chi connectivity index (χ4v) is 1.24. The summed E-state index contributed by atoms with van der Waals surface area (Å²) in [7, 11) is 1.81. The number of carbonyl (C=O) groups is 1. The van der Waals surface area contributed by atoms with E-state index in [0.29, 0.717) is 18.7 Å². The van der Waals surface area contributed by atoms with Crippen molar-refractivity contribution in [3.63, 3.8) is 0 Å². The number of aryl methyl sites for hydroxylation is 1. The van der Waals surface area contributed by atoms with Crippen LogP contribution in [-0.4, -0.2) is 26.0 Å². The summed E-state index contributed by atoms with van der Waals surface area (Å²) in [6.07, 6.45) is 0. The van der Waals surface area contributed by atoms with E-state index in [9.17, 15) is 9.18 Å². The van der Waals surface area contributed by atoms with Crippen molar-refractivity contribution in [3.8, 4) is 0 Å². The molecule has 1 aromatic carbocycles. The Balaban J connectivity index is 2.68. The molecule has 1 amide bonds. The third-order valence-electron chi connectivity index (χ3n) is 2.10. The molecule has 1 rings (SSSR count). The van der Waals surface area contributed by atoms with Gasteiger partial charge in [-0.05, 0) is 31.7 Å². The minimum absolute atomic E-state index is 0.234. The van der Waals surface area contributed by atoms with E-state index in [1.807, 2.05) is 0 Å². The van der Waals surface area contributed by atoms with Gasteiger partial charge in [0, 0.05) is 18.7 Å². The van der Waals surface area contributed by atoms with Gasteiger partial charge in [0.1, 0.15) is 5.82 Å². The van der Waals surface area contributed by atoms with E-state index in [1.54, 1.807) is 20.0 Å².